The van der Waals surface area contributed by atoms with Gasteiger partial charge in [-0.25, -0.2) is 0 Å². The van der Waals surface area contributed by atoms with Crippen LogP contribution in [0.5, 0.6) is 5.75 Å². The summed E-state index contributed by atoms with van der Waals surface area (Å²) in [6, 6.07) is 6.59. The van der Waals surface area contributed by atoms with Crippen molar-refractivity contribution < 1.29 is 75.9 Å². The van der Waals surface area contributed by atoms with Gasteiger partial charge >= 0.3 is 0 Å². The molecular formula is C33H40Cl2N4O16. The maximum atomic E-state index is 13.3. The highest BCUT2D eigenvalue weighted by Crippen LogP contribution is 2.56. The number of nitrogens with zero attached hydrogens (tertiary/aromatic N) is 2. The van der Waals surface area contributed by atoms with Gasteiger partial charge in [0, 0.05) is 12.1 Å². The van der Waals surface area contributed by atoms with E-state index in [4.69, 9.17) is 34.0 Å². The molecule has 2 aromatic carbocycles. The lowest BCUT2D eigenvalue weighted by molar-refractivity contribution is -0.384. The zero-order valence-corrected chi connectivity index (χ0v) is 30.6. The topological polar surface area (TPSA) is 378 Å². The molecular weight excluding hydrogens is 779 g/mol. The van der Waals surface area contributed by atoms with Crippen molar-refractivity contribution >= 4 is 52.3 Å². The Morgan fingerprint density at radius 1 is 1.05 bits per heavy atom. The Morgan fingerprint density at radius 3 is 2.09 bits per heavy atom. The molecule has 0 radical (unpaired) electrons. The summed E-state index contributed by atoms with van der Waals surface area (Å²) in [4.78, 5) is 59.7. The lowest BCUT2D eigenvalue weighted by Crippen LogP contribution is -2.70. The second kappa shape index (κ2) is 17.0. The number of likely N-dealkylation sites (N-methyl/N-ethyl adjacent to an activating group) is 1. The highest BCUT2D eigenvalue weighted by molar-refractivity contribution is 6.53. The summed E-state index contributed by atoms with van der Waals surface area (Å²) in [6.45, 7) is 0.702. The molecule has 15 N–H and O–H groups in total. The van der Waals surface area contributed by atoms with Gasteiger partial charge in [0.1, 0.15) is 28.9 Å². The molecule has 0 unspecified atom stereocenters. The second-order valence-electron chi connectivity index (χ2n) is 13.0. The number of fused-ring (bicyclic) bond motifs is 3. The molecule has 20 nitrogen and oxygen atoms in total. The normalized spacial score (nSPS) is 26.6. The third-order valence-electron chi connectivity index (χ3n) is 9.59. The number of amides is 2. The number of carbonyl (C=O) groups is 4. The average Bonchev–Trinajstić information content (AvgIpc) is 3.08. The maximum absolute atomic E-state index is 13.3. The summed E-state index contributed by atoms with van der Waals surface area (Å²) >= 11 is 10.7. The Bertz CT molecular complexity index is 1920. The number of aliphatic hydroxyl groups is 7. The first-order valence-corrected chi connectivity index (χ1v) is 16.4. The summed E-state index contributed by atoms with van der Waals surface area (Å²) in [6.07, 6.45) is -3.12. The van der Waals surface area contributed by atoms with E-state index < -0.39 is 115 Å². The van der Waals surface area contributed by atoms with Gasteiger partial charge in [-0.05, 0) is 50.3 Å². The van der Waals surface area contributed by atoms with Crippen LogP contribution in [-0.4, -0.2) is 134 Å². The molecule has 0 bridgehead atoms. The van der Waals surface area contributed by atoms with Crippen molar-refractivity contribution in [2.75, 3.05) is 20.7 Å². The Balaban J connectivity index is 0.000000412. The van der Waals surface area contributed by atoms with Crippen molar-refractivity contribution in [3.05, 3.63) is 91.9 Å². The number of nitrogens with one attached hydrogen (secondary N) is 1. The lowest BCUT2D eigenvalue weighted by Gasteiger charge is -2.55. The SMILES string of the molecule is CN(C)[C@@H]1C(O)=C(C(N)=O)C(=O)[C@@]2(O)C(O)=C3C(=O)c4c(O)cccc4[C@@](C)(O)[C@H]3[C@H](O)[C@@H]12.O.O.O=C(N[C@H](CO)[C@H](O)c1ccc([N+](=O)[O-])cc1)C(Cl)Cl. The molecule has 2 aromatic rings. The van der Waals surface area contributed by atoms with Crippen molar-refractivity contribution in [1.29, 1.82) is 0 Å². The number of non-ortho nitro benzene ring substituents is 1. The second-order valence-corrected chi connectivity index (χ2v) is 14.0. The molecule has 302 valence electrons. The average molecular weight is 820 g/mol. The number of Topliss-reactive ketones (excluding diaryl/α,β-unsaturated/α-hetero) is 2. The number of primary amides is 1. The monoisotopic (exact) mass is 818 g/mol. The Labute approximate surface area is 321 Å². The zero-order valence-electron chi connectivity index (χ0n) is 29.0. The predicted molar refractivity (Wildman–Crippen MR) is 191 cm³/mol. The van der Waals surface area contributed by atoms with E-state index in [-0.39, 0.29) is 27.8 Å². The van der Waals surface area contributed by atoms with Crippen LogP contribution in [0.2, 0.25) is 0 Å². The molecule has 0 saturated heterocycles. The van der Waals surface area contributed by atoms with Crippen LogP contribution in [0.15, 0.2) is 65.1 Å². The van der Waals surface area contributed by atoms with Crippen LogP contribution < -0.4 is 11.1 Å². The van der Waals surface area contributed by atoms with E-state index in [1.165, 1.54) is 68.4 Å². The number of carbonyl (C=O) groups excluding carboxylic acids is 4. The van der Waals surface area contributed by atoms with E-state index in [0.717, 1.165) is 0 Å². The molecule has 0 fully saturated rings. The van der Waals surface area contributed by atoms with Gasteiger partial charge in [-0.2, -0.15) is 0 Å². The van der Waals surface area contributed by atoms with E-state index in [1.54, 1.807) is 0 Å². The summed E-state index contributed by atoms with van der Waals surface area (Å²) in [5.41, 5.74) is -1.71. The number of phenolic OH excluding ortho intramolecular Hbond substituents is 1. The van der Waals surface area contributed by atoms with E-state index in [1.807, 2.05) is 0 Å². The number of aliphatic hydroxyl groups excluding tert-OH is 5. The van der Waals surface area contributed by atoms with Crippen LogP contribution in [0.1, 0.15) is 34.5 Å². The number of halogens is 2. The van der Waals surface area contributed by atoms with Crippen molar-refractivity contribution in [3.63, 3.8) is 0 Å². The quantitative estimate of drug-likeness (QED) is 0.0597. The first kappa shape index (κ1) is 46.4. The molecule has 3 aliphatic carbocycles. The number of phenols is 1. The molecule has 55 heavy (non-hydrogen) atoms. The number of ketones is 2. The van der Waals surface area contributed by atoms with Crippen molar-refractivity contribution in [2.45, 2.75) is 47.3 Å². The highest BCUT2D eigenvalue weighted by atomic mass is 35.5. The Morgan fingerprint density at radius 2 is 1.62 bits per heavy atom. The molecule has 0 aliphatic heterocycles. The number of rotatable bonds is 8. The number of hydrogen-bond donors (Lipinski definition) is 10. The van der Waals surface area contributed by atoms with Crippen molar-refractivity contribution in [3.8, 4) is 5.75 Å². The third kappa shape index (κ3) is 7.74. The van der Waals surface area contributed by atoms with Crippen LogP contribution in [0.4, 0.5) is 5.69 Å². The van der Waals surface area contributed by atoms with E-state index in [0.29, 0.717) is 5.56 Å². The van der Waals surface area contributed by atoms with Crippen LogP contribution in [0.25, 0.3) is 0 Å². The molecule has 0 saturated carbocycles. The van der Waals surface area contributed by atoms with E-state index in [2.05, 4.69) is 5.32 Å². The maximum Gasteiger partial charge on any atom is 0.269 e. The third-order valence-corrected chi connectivity index (χ3v) is 9.98. The van der Waals surface area contributed by atoms with Gasteiger partial charge < -0.3 is 62.9 Å². The number of benzene rings is 2. The van der Waals surface area contributed by atoms with Crippen LogP contribution in [0, 0.1) is 22.0 Å². The summed E-state index contributed by atoms with van der Waals surface area (Å²) < 4.78 is 0. The number of nitro benzene ring substituents is 1. The largest absolute Gasteiger partial charge is 0.510 e. The number of hydrogen-bond acceptors (Lipinski definition) is 15. The Hall–Kier alpha value is -4.74. The first-order valence-electron chi connectivity index (χ1n) is 15.6. The summed E-state index contributed by atoms with van der Waals surface area (Å²) in [7, 11) is 2.85. The number of nitrogens with two attached hydrogens (primary N) is 1. The van der Waals surface area contributed by atoms with Gasteiger partial charge in [-0.3, -0.25) is 34.2 Å². The first-order chi connectivity index (χ1) is 24.6. The smallest absolute Gasteiger partial charge is 0.269 e. The van der Waals surface area contributed by atoms with Crippen LogP contribution in [0.3, 0.4) is 0 Å². The van der Waals surface area contributed by atoms with Gasteiger partial charge in [0.2, 0.25) is 5.78 Å². The molecule has 5 rings (SSSR count). The van der Waals surface area contributed by atoms with Gasteiger partial charge in [0.25, 0.3) is 17.5 Å². The predicted octanol–water partition coefficient (Wildman–Crippen LogP) is -1.98. The van der Waals surface area contributed by atoms with Gasteiger partial charge in [-0.1, -0.05) is 35.3 Å². The fourth-order valence-corrected chi connectivity index (χ4v) is 7.23. The Kier molecular flexibility index (Phi) is 14.3. The zero-order chi connectivity index (χ0) is 40.1. The van der Waals surface area contributed by atoms with Crippen LogP contribution in [-0.2, 0) is 20.0 Å². The minimum absolute atomic E-state index is 0. The fraction of sp³-hybridized carbons (Fsp3) is 0.394. The van der Waals surface area contributed by atoms with E-state index in [9.17, 15) is 65.0 Å². The van der Waals surface area contributed by atoms with Gasteiger partial charge in [-0.15, -0.1) is 0 Å². The van der Waals surface area contributed by atoms with Gasteiger partial charge in [0.15, 0.2) is 16.2 Å². The molecule has 8 atom stereocenters. The summed E-state index contributed by atoms with van der Waals surface area (Å²) in [5.74, 6) is -10.4. The van der Waals surface area contributed by atoms with Gasteiger partial charge in [0.05, 0.1) is 58.3 Å². The summed E-state index contributed by atoms with van der Waals surface area (Å²) in [5, 5.41) is 98.4. The van der Waals surface area contributed by atoms with Crippen LogP contribution >= 0.6 is 23.2 Å². The highest BCUT2D eigenvalue weighted by Gasteiger charge is 2.69. The molecule has 0 spiro atoms. The van der Waals surface area contributed by atoms with Crippen molar-refractivity contribution in [1.82, 2.24) is 10.2 Å². The molecule has 0 heterocycles. The number of aromatic hydroxyl groups is 1. The van der Waals surface area contributed by atoms with E-state index >= 15 is 0 Å². The standard InChI is InChI=1S/C22H24N2O9.C11H12Cl2N2O5.2H2O/c1-21(32)7-5-4-6-8(25)9(7)15(26)10-12(21)17(28)13-14(24(2)3)16(27)11(20(23)31)19(30)22(13,33)18(10)29;12-10(13)11(18)14-8(5-16)9(17)6-1-3-7(4-2-6)15(19)20;;/h4-6,12-14,17,25,27-29,32-33H,1-3H3,(H2,23,31);1-4,8-10,16-17H,5H2,(H,14,18);2*1H2/t12-,13-,14+,17+,21-,22+;8-,9-;;/m11../s1. The molecule has 2 amide bonds. The molecule has 0 aromatic heterocycles. The number of alkyl halides is 2. The lowest BCUT2D eigenvalue weighted by atomic mass is 9.54. The minimum Gasteiger partial charge on any atom is -0.510 e. The minimum atomic E-state index is -3.02. The fourth-order valence-electron chi connectivity index (χ4n) is 7.10. The molecule has 3 aliphatic rings. The molecule has 22 heteroatoms. The number of nitro groups is 1. The van der Waals surface area contributed by atoms with Crippen molar-refractivity contribution in [2.24, 2.45) is 17.6 Å².